The van der Waals surface area contributed by atoms with Crippen LogP contribution in [0.25, 0.3) is 0 Å². The second kappa shape index (κ2) is 5.29. The normalized spacial score (nSPS) is 12.3. The molecule has 0 bridgehead atoms. The van der Waals surface area contributed by atoms with Crippen molar-refractivity contribution in [2.24, 2.45) is 5.73 Å². The summed E-state index contributed by atoms with van der Waals surface area (Å²) in [6, 6.07) is 7.32. The standard InChI is InChI=1S/C14H21ClN2O/c1-13(2,16)9-17-12(18)14(3,4)10-5-7-11(15)8-6-10/h5-8H,9,16H2,1-4H3,(H,17,18). The number of benzene rings is 1. The van der Waals surface area contributed by atoms with Crippen LogP contribution in [0.5, 0.6) is 0 Å². The first-order valence-electron chi connectivity index (χ1n) is 5.96. The summed E-state index contributed by atoms with van der Waals surface area (Å²) in [6.45, 7) is 7.97. The van der Waals surface area contributed by atoms with Crippen LogP contribution in [-0.4, -0.2) is 18.0 Å². The van der Waals surface area contributed by atoms with Crippen molar-refractivity contribution in [2.45, 2.75) is 38.6 Å². The third kappa shape index (κ3) is 4.00. The summed E-state index contributed by atoms with van der Waals surface area (Å²) in [5.74, 6) is -0.0386. The van der Waals surface area contributed by atoms with E-state index in [2.05, 4.69) is 5.32 Å². The largest absolute Gasteiger partial charge is 0.354 e. The minimum absolute atomic E-state index is 0.0386. The number of amides is 1. The first-order valence-corrected chi connectivity index (χ1v) is 6.34. The number of halogens is 1. The zero-order valence-corrected chi connectivity index (χ0v) is 12.1. The van der Waals surface area contributed by atoms with Crippen LogP contribution in [0, 0.1) is 0 Å². The van der Waals surface area contributed by atoms with Crippen molar-refractivity contribution in [3.8, 4) is 0 Å². The number of rotatable bonds is 4. The molecule has 0 unspecified atom stereocenters. The smallest absolute Gasteiger partial charge is 0.230 e. The molecule has 3 N–H and O–H groups in total. The van der Waals surface area contributed by atoms with E-state index in [9.17, 15) is 4.79 Å². The van der Waals surface area contributed by atoms with Crippen LogP contribution in [-0.2, 0) is 10.2 Å². The molecule has 18 heavy (non-hydrogen) atoms. The number of hydrogen-bond donors (Lipinski definition) is 2. The highest BCUT2D eigenvalue weighted by molar-refractivity contribution is 6.30. The van der Waals surface area contributed by atoms with Gasteiger partial charge in [0.15, 0.2) is 0 Å². The van der Waals surface area contributed by atoms with Crippen molar-refractivity contribution in [1.29, 1.82) is 0 Å². The molecule has 3 nitrogen and oxygen atoms in total. The van der Waals surface area contributed by atoms with Gasteiger partial charge in [-0.05, 0) is 45.4 Å². The van der Waals surface area contributed by atoms with E-state index in [1.807, 2.05) is 39.8 Å². The lowest BCUT2D eigenvalue weighted by molar-refractivity contribution is -0.125. The molecule has 0 saturated heterocycles. The van der Waals surface area contributed by atoms with E-state index >= 15 is 0 Å². The Labute approximate surface area is 114 Å². The van der Waals surface area contributed by atoms with E-state index in [4.69, 9.17) is 17.3 Å². The van der Waals surface area contributed by atoms with Gasteiger partial charge >= 0.3 is 0 Å². The summed E-state index contributed by atoms with van der Waals surface area (Å²) in [4.78, 5) is 12.2. The summed E-state index contributed by atoms with van der Waals surface area (Å²) < 4.78 is 0. The summed E-state index contributed by atoms with van der Waals surface area (Å²) in [7, 11) is 0. The average Bonchev–Trinajstić information content (AvgIpc) is 2.25. The summed E-state index contributed by atoms with van der Waals surface area (Å²) >= 11 is 5.85. The van der Waals surface area contributed by atoms with E-state index in [1.165, 1.54) is 0 Å². The highest BCUT2D eigenvalue weighted by Crippen LogP contribution is 2.24. The molecule has 1 aromatic carbocycles. The Morgan fingerprint density at radius 3 is 2.17 bits per heavy atom. The number of nitrogens with two attached hydrogens (primary N) is 1. The number of nitrogens with one attached hydrogen (secondary N) is 1. The lowest BCUT2D eigenvalue weighted by Crippen LogP contribution is -2.49. The molecule has 0 aliphatic carbocycles. The summed E-state index contributed by atoms with van der Waals surface area (Å²) in [5, 5.41) is 3.54. The third-order valence-corrected chi connectivity index (χ3v) is 3.09. The molecule has 0 saturated carbocycles. The van der Waals surface area contributed by atoms with E-state index in [0.29, 0.717) is 11.6 Å². The predicted molar refractivity (Wildman–Crippen MR) is 75.8 cm³/mol. The fraction of sp³-hybridized carbons (Fsp3) is 0.500. The molecule has 0 aliphatic heterocycles. The first kappa shape index (κ1) is 15.0. The van der Waals surface area contributed by atoms with Crippen LogP contribution in [0.3, 0.4) is 0 Å². The summed E-state index contributed by atoms with van der Waals surface area (Å²) in [6.07, 6.45) is 0. The molecule has 0 radical (unpaired) electrons. The van der Waals surface area contributed by atoms with Gasteiger partial charge in [0, 0.05) is 17.1 Å². The van der Waals surface area contributed by atoms with E-state index in [1.54, 1.807) is 12.1 Å². The van der Waals surface area contributed by atoms with Gasteiger partial charge in [0.2, 0.25) is 5.91 Å². The van der Waals surface area contributed by atoms with E-state index in [-0.39, 0.29) is 5.91 Å². The van der Waals surface area contributed by atoms with Crippen LogP contribution < -0.4 is 11.1 Å². The maximum atomic E-state index is 12.2. The Bertz CT molecular complexity index is 418. The van der Waals surface area contributed by atoms with Crippen LogP contribution in [0.15, 0.2) is 24.3 Å². The average molecular weight is 269 g/mol. The highest BCUT2D eigenvalue weighted by Gasteiger charge is 2.30. The minimum Gasteiger partial charge on any atom is -0.354 e. The summed E-state index contributed by atoms with van der Waals surface area (Å²) in [5.41, 5.74) is 5.77. The van der Waals surface area contributed by atoms with Crippen molar-refractivity contribution in [3.05, 3.63) is 34.9 Å². The van der Waals surface area contributed by atoms with Crippen LogP contribution in [0.4, 0.5) is 0 Å². The second-order valence-corrected chi connectivity index (χ2v) is 6.24. The monoisotopic (exact) mass is 268 g/mol. The fourth-order valence-electron chi connectivity index (χ4n) is 1.53. The molecule has 0 spiro atoms. The maximum Gasteiger partial charge on any atom is 0.230 e. The van der Waals surface area contributed by atoms with Crippen molar-refractivity contribution in [1.82, 2.24) is 5.32 Å². The van der Waals surface area contributed by atoms with Crippen LogP contribution in [0.2, 0.25) is 5.02 Å². The molecule has 1 amide bonds. The van der Waals surface area contributed by atoms with Crippen LogP contribution >= 0.6 is 11.6 Å². The number of carbonyl (C=O) groups excluding carboxylic acids is 1. The van der Waals surface area contributed by atoms with Gasteiger partial charge in [-0.25, -0.2) is 0 Å². The molecule has 1 rings (SSSR count). The molecular weight excluding hydrogens is 248 g/mol. The minimum atomic E-state index is -0.601. The van der Waals surface area contributed by atoms with Crippen molar-refractivity contribution in [2.75, 3.05) is 6.54 Å². The molecule has 0 heterocycles. The van der Waals surface area contributed by atoms with E-state index in [0.717, 1.165) is 5.56 Å². The first-order chi connectivity index (χ1) is 8.13. The van der Waals surface area contributed by atoms with Gasteiger partial charge in [-0.1, -0.05) is 23.7 Å². The third-order valence-electron chi connectivity index (χ3n) is 2.84. The number of carbonyl (C=O) groups is 1. The van der Waals surface area contributed by atoms with Crippen molar-refractivity contribution < 1.29 is 4.79 Å². The molecule has 0 fully saturated rings. The molecule has 4 heteroatoms. The molecular formula is C14H21ClN2O. The number of hydrogen-bond acceptors (Lipinski definition) is 2. The topological polar surface area (TPSA) is 55.1 Å². The zero-order chi connectivity index (χ0) is 14.0. The van der Waals surface area contributed by atoms with E-state index < -0.39 is 11.0 Å². The lowest BCUT2D eigenvalue weighted by Gasteiger charge is -2.27. The van der Waals surface area contributed by atoms with Gasteiger partial charge in [0.25, 0.3) is 0 Å². The Balaban J connectivity index is 2.79. The van der Waals surface area contributed by atoms with Crippen LogP contribution in [0.1, 0.15) is 33.3 Å². The molecule has 0 aliphatic rings. The second-order valence-electron chi connectivity index (χ2n) is 5.80. The van der Waals surface area contributed by atoms with Crippen molar-refractivity contribution >= 4 is 17.5 Å². The Kier molecular flexibility index (Phi) is 4.41. The van der Waals surface area contributed by atoms with Gasteiger partial charge in [-0.3, -0.25) is 4.79 Å². The molecule has 0 atom stereocenters. The Morgan fingerprint density at radius 2 is 1.72 bits per heavy atom. The SMILES string of the molecule is CC(C)(N)CNC(=O)C(C)(C)c1ccc(Cl)cc1. The Morgan fingerprint density at radius 1 is 1.22 bits per heavy atom. The van der Waals surface area contributed by atoms with Crippen molar-refractivity contribution in [3.63, 3.8) is 0 Å². The Hall–Kier alpha value is -1.06. The predicted octanol–water partition coefficient (Wildman–Crippen LogP) is 2.47. The molecule has 100 valence electrons. The quantitative estimate of drug-likeness (QED) is 0.881. The zero-order valence-electron chi connectivity index (χ0n) is 11.4. The lowest BCUT2D eigenvalue weighted by atomic mass is 9.83. The van der Waals surface area contributed by atoms with Gasteiger partial charge in [0.1, 0.15) is 0 Å². The van der Waals surface area contributed by atoms with Gasteiger partial charge < -0.3 is 11.1 Å². The van der Waals surface area contributed by atoms with Gasteiger partial charge in [-0.15, -0.1) is 0 Å². The highest BCUT2D eigenvalue weighted by atomic mass is 35.5. The maximum absolute atomic E-state index is 12.2. The fourth-order valence-corrected chi connectivity index (χ4v) is 1.65. The molecule has 1 aromatic rings. The molecule has 0 aromatic heterocycles. The van der Waals surface area contributed by atoms with Gasteiger partial charge in [-0.2, -0.15) is 0 Å². The van der Waals surface area contributed by atoms with Gasteiger partial charge in [0.05, 0.1) is 5.41 Å².